The van der Waals surface area contributed by atoms with E-state index < -0.39 is 0 Å². The van der Waals surface area contributed by atoms with Gasteiger partial charge in [0.2, 0.25) is 0 Å². The number of amides is 1. The maximum atomic E-state index is 13.0. The van der Waals surface area contributed by atoms with Crippen LogP contribution in [0.2, 0.25) is 0 Å². The van der Waals surface area contributed by atoms with Gasteiger partial charge in [-0.25, -0.2) is 9.18 Å². The van der Waals surface area contributed by atoms with Crippen LogP contribution >= 0.6 is 0 Å². The van der Waals surface area contributed by atoms with Gasteiger partial charge in [-0.3, -0.25) is 0 Å². The zero-order chi connectivity index (χ0) is 18.4. The van der Waals surface area contributed by atoms with Crippen LogP contribution in [-0.4, -0.2) is 43.8 Å². The first-order chi connectivity index (χ1) is 12.7. The van der Waals surface area contributed by atoms with E-state index in [9.17, 15) is 9.18 Å². The Bertz CT molecular complexity index is 708. The molecule has 3 rings (SSSR count). The van der Waals surface area contributed by atoms with Crippen LogP contribution in [0, 0.1) is 5.82 Å². The maximum Gasteiger partial charge on any atom is 0.409 e. The molecule has 1 saturated heterocycles. The summed E-state index contributed by atoms with van der Waals surface area (Å²) in [5, 5.41) is 0. The van der Waals surface area contributed by atoms with E-state index in [4.69, 9.17) is 4.74 Å². The lowest BCUT2D eigenvalue weighted by Crippen LogP contribution is -2.49. The zero-order valence-corrected chi connectivity index (χ0v) is 15.2. The molecule has 2 aromatic carbocycles. The van der Waals surface area contributed by atoms with E-state index in [-0.39, 0.29) is 11.9 Å². The van der Waals surface area contributed by atoms with Crippen molar-refractivity contribution in [3.8, 4) is 11.1 Å². The number of carbonyl (C=O) groups excluding carboxylic acids is 1. The van der Waals surface area contributed by atoms with Crippen LogP contribution in [0.1, 0.15) is 19.8 Å². The lowest BCUT2D eigenvalue weighted by atomic mass is 10.1. The van der Waals surface area contributed by atoms with Gasteiger partial charge in [-0.15, -0.1) is 0 Å². The Morgan fingerprint density at radius 1 is 0.962 bits per heavy atom. The van der Waals surface area contributed by atoms with Gasteiger partial charge in [0.15, 0.2) is 0 Å². The van der Waals surface area contributed by atoms with Crippen LogP contribution < -0.4 is 4.90 Å². The Labute approximate surface area is 154 Å². The van der Waals surface area contributed by atoms with E-state index in [2.05, 4.69) is 24.0 Å². The van der Waals surface area contributed by atoms with Crippen molar-refractivity contribution in [3.05, 3.63) is 54.3 Å². The molecule has 1 fully saturated rings. The van der Waals surface area contributed by atoms with Crippen LogP contribution in [0.3, 0.4) is 0 Å². The lowest BCUT2D eigenvalue weighted by molar-refractivity contribution is 0.0989. The number of unbranched alkanes of at least 4 members (excludes halogenated alkanes) is 1. The van der Waals surface area contributed by atoms with Gasteiger partial charge in [-0.2, -0.15) is 0 Å². The summed E-state index contributed by atoms with van der Waals surface area (Å²) in [6, 6.07) is 14.8. The molecular weight excluding hydrogens is 331 g/mol. The van der Waals surface area contributed by atoms with Gasteiger partial charge < -0.3 is 14.5 Å². The molecule has 5 heteroatoms. The molecule has 2 aromatic rings. The average Bonchev–Trinajstić information content (AvgIpc) is 2.69. The highest BCUT2D eigenvalue weighted by Crippen LogP contribution is 2.24. The van der Waals surface area contributed by atoms with E-state index in [1.807, 2.05) is 12.1 Å². The molecule has 0 bridgehead atoms. The van der Waals surface area contributed by atoms with E-state index in [0.717, 1.165) is 42.7 Å². The number of carbonyl (C=O) groups is 1. The van der Waals surface area contributed by atoms with Crippen LogP contribution in [0.25, 0.3) is 11.1 Å². The summed E-state index contributed by atoms with van der Waals surface area (Å²) in [6.07, 6.45) is 1.73. The van der Waals surface area contributed by atoms with E-state index in [0.29, 0.717) is 19.7 Å². The fraction of sp³-hybridized carbons (Fsp3) is 0.381. The van der Waals surface area contributed by atoms with Gasteiger partial charge in [-0.05, 0) is 41.8 Å². The predicted molar refractivity (Wildman–Crippen MR) is 102 cm³/mol. The lowest BCUT2D eigenvalue weighted by Gasteiger charge is -2.35. The topological polar surface area (TPSA) is 32.8 Å². The monoisotopic (exact) mass is 356 g/mol. The molecule has 1 heterocycles. The van der Waals surface area contributed by atoms with Gasteiger partial charge >= 0.3 is 6.09 Å². The number of hydrogen-bond donors (Lipinski definition) is 0. The van der Waals surface area contributed by atoms with Crippen molar-refractivity contribution in [3.63, 3.8) is 0 Å². The Hall–Kier alpha value is -2.56. The molecule has 0 unspecified atom stereocenters. The second kappa shape index (κ2) is 8.70. The molecule has 0 radical (unpaired) electrons. The summed E-state index contributed by atoms with van der Waals surface area (Å²) in [5.74, 6) is -0.225. The highest BCUT2D eigenvalue weighted by molar-refractivity contribution is 5.69. The second-order valence-electron chi connectivity index (χ2n) is 6.50. The van der Waals surface area contributed by atoms with Gasteiger partial charge in [0.05, 0.1) is 6.61 Å². The quantitative estimate of drug-likeness (QED) is 0.737. The van der Waals surface area contributed by atoms with Gasteiger partial charge in [-0.1, -0.05) is 37.6 Å². The Morgan fingerprint density at radius 3 is 2.12 bits per heavy atom. The summed E-state index contributed by atoms with van der Waals surface area (Å²) in [5.41, 5.74) is 3.19. The molecule has 4 nitrogen and oxygen atoms in total. The summed E-state index contributed by atoms with van der Waals surface area (Å²) in [7, 11) is 0. The molecule has 0 N–H and O–H groups in total. The van der Waals surface area contributed by atoms with Crippen molar-refractivity contribution >= 4 is 11.8 Å². The van der Waals surface area contributed by atoms with Gasteiger partial charge in [0, 0.05) is 31.9 Å². The van der Waals surface area contributed by atoms with Crippen LogP contribution in [-0.2, 0) is 4.74 Å². The SMILES string of the molecule is CCCCOC(=O)N1CCN(c2ccc(-c3ccc(F)cc3)cc2)CC1. The number of hydrogen-bond acceptors (Lipinski definition) is 3. The normalized spacial score (nSPS) is 14.4. The van der Waals surface area contributed by atoms with Gasteiger partial charge in [0.1, 0.15) is 5.82 Å². The summed E-state index contributed by atoms with van der Waals surface area (Å²) < 4.78 is 18.3. The van der Waals surface area contributed by atoms with E-state index in [1.165, 1.54) is 12.1 Å². The predicted octanol–water partition coefficient (Wildman–Crippen LogP) is 4.55. The Kier molecular flexibility index (Phi) is 6.10. The molecule has 0 spiro atoms. The Balaban J connectivity index is 1.54. The largest absolute Gasteiger partial charge is 0.449 e. The van der Waals surface area contributed by atoms with Crippen LogP contribution in [0.15, 0.2) is 48.5 Å². The van der Waals surface area contributed by atoms with Crippen LogP contribution in [0.4, 0.5) is 14.9 Å². The highest BCUT2D eigenvalue weighted by atomic mass is 19.1. The molecule has 0 aromatic heterocycles. The standard InChI is InChI=1S/C21H25FN2O2/c1-2-3-16-26-21(25)24-14-12-23(13-15-24)20-10-6-18(7-11-20)17-4-8-19(22)9-5-17/h4-11H,2-3,12-16H2,1H3. The van der Waals surface area contributed by atoms with Crippen molar-refractivity contribution < 1.29 is 13.9 Å². The highest BCUT2D eigenvalue weighted by Gasteiger charge is 2.22. The fourth-order valence-electron chi connectivity index (χ4n) is 3.05. The molecule has 1 amide bonds. The number of ether oxygens (including phenoxy) is 1. The molecule has 0 aliphatic carbocycles. The van der Waals surface area contributed by atoms with Crippen molar-refractivity contribution in [2.75, 3.05) is 37.7 Å². The number of halogens is 1. The van der Waals surface area contributed by atoms with Gasteiger partial charge in [0.25, 0.3) is 0 Å². The molecule has 0 atom stereocenters. The fourth-order valence-corrected chi connectivity index (χ4v) is 3.05. The number of nitrogens with zero attached hydrogens (tertiary/aromatic N) is 2. The number of rotatable bonds is 5. The number of benzene rings is 2. The second-order valence-corrected chi connectivity index (χ2v) is 6.50. The first kappa shape index (κ1) is 18.2. The third-order valence-electron chi connectivity index (χ3n) is 4.67. The zero-order valence-electron chi connectivity index (χ0n) is 15.2. The molecule has 0 saturated carbocycles. The third kappa shape index (κ3) is 4.54. The summed E-state index contributed by atoms with van der Waals surface area (Å²) in [4.78, 5) is 16.0. The first-order valence-electron chi connectivity index (χ1n) is 9.20. The summed E-state index contributed by atoms with van der Waals surface area (Å²) in [6.45, 7) is 5.50. The Morgan fingerprint density at radius 2 is 1.54 bits per heavy atom. The van der Waals surface area contributed by atoms with Crippen molar-refractivity contribution in [1.29, 1.82) is 0 Å². The smallest absolute Gasteiger partial charge is 0.409 e. The molecule has 1 aliphatic rings. The molecule has 138 valence electrons. The minimum absolute atomic E-state index is 0.204. The minimum atomic E-state index is -0.225. The molecular formula is C21H25FN2O2. The van der Waals surface area contributed by atoms with E-state index >= 15 is 0 Å². The minimum Gasteiger partial charge on any atom is -0.449 e. The molecule has 26 heavy (non-hydrogen) atoms. The van der Waals surface area contributed by atoms with E-state index in [1.54, 1.807) is 17.0 Å². The maximum absolute atomic E-state index is 13.0. The number of anilines is 1. The van der Waals surface area contributed by atoms with Crippen molar-refractivity contribution in [2.45, 2.75) is 19.8 Å². The third-order valence-corrected chi connectivity index (χ3v) is 4.67. The summed E-state index contributed by atoms with van der Waals surface area (Å²) >= 11 is 0. The van der Waals surface area contributed by atoms with Crippen molar-refractivity contribution in [2.24, 2.45) is 0 Å². The van der Waals surface area contributed by atoms with Crippen molar-refractivity contribution in [1.82, 2.24) is 4.90 Å². The average molecular weight is 356 g/mol. The molecule has 1 aliphatic heterocycles. The number of piperazine rings is 1. The first-order valence-corrected chi connectivity index (χ1v) is 9.20. The van der Waals surface area contributed by atoms with Crippen LogP contribution in [0.5, 0.6) is 0 Å².